The van der Waals surface area contributed by atoms with Crippen molar-refractivity contribution in [2.24, 2.45) is 0 Å². The molecule has 0 saturated carbocycles. The Morgan fingerprint density at radius 3 is 1.87 bits per heavy atom. The van der Waals surface area contributed by atoms with Crippen LogP contribution in [0, 0.1) is 0 Å². The average molecular weight is 396 g/mol. The molecule has 0 spiro atoms. The Morgan fingerprint density at radius 2 is 1.27 bits per heavy atom. The van der Waals surface area contributed by atoms with Gasteiger partial charge in [0.1, 0.15) is 5.60 Å². The van der Waals surface area contributed by atoms with Gasteiger partial charge in [-0.1, -0.05) is 84.9 Å². The van der Waals surface area contributed by atoms with Gasteiger partial charge in [-0.15, -0.1) is 0 Å². The fraction of sp³-hybridized carbons (Fsp3) is 0.115. The van der Waals surface area contributed by atoms with Gasteiger partial charge in [-0.3, -0.25) is 14.4 Å². The maximum Gasteiger partial charge on any atom is 0.193 e. The number of aliphatic hydroxyl groups is 1. The first-order chi connectivity index (χ1) is 14.4. The second-order valence-corrected chi connectivity index (χ2v) is 7.46. The van der Waals surface area contributed by atoms with Gasteiger partial charge in [-0.25, -0.2) is 0 Å². The smallest absolute Gasteiger partial charge is 0.193 e. The molecule has 0 radical (unpaired) electrons. The van der Waals surface area contributed by atoms with E-state index < -0.39 is 17.2 Å². The van der Waals surface area contributed by atoms with Crippen LogP contribution in [0.5, 0.6) is 0 Å². The van der Waals surface area contributed by atoms with Gasteiger partial charge in [0.25, 0.3) is 0 Å². The normalized spacial score (nSPS) is 15.5. The van der Waals surface area contributed by atoms with Gasteiger partial charge in [0, 0.05) is 34.3 Å². The molecule has 0 amide bonds. The zero-order valence-electron chi connectivity index (χ0n) is 16.5. The Kier molecular flexibility index (Phi) is 5.02. The van der Waals surface area contributed by atoms with Crippen LogP contribution in [0.1, 0.15) is 50.0 Å². The Morgan fingerprint density at radius 1 is 0.767 bits per heavy atom. The van der Waals surface area contributed by atoms with E-state index in [1.54, 1.807) is 84.9 Å². The molecule has 0 aromatic heterocycles. The van der Waals surface area contributed by atoms with Crippen LogP contribution in [-0.2, 0) is 5.60 Å². The number of benzene rings is 3. The Balaban J connectivity index is 1.89. The first-order valence-electron chi connectivity index (χ1n) is 9.69. The minimum atomic E-state index is -1.73. The molecule has 148 valence electrons. The van der Waals surface area contributed by atoms with Crippen molar-refractivity contribution in [3.05, 3.63) is 118 Å². The lowest BCUT2D eigenvalue weighted by atomic mass is 9.73. The maximum atomic E-state index is 13.4. The molecule has 4 heteroatoms. The number of rotatable bonds is 5. The summed E-state index contributed by atoms with van der Waals surface area (Å²) in [6.07, 6.45) is -0.263. The number of hydrogen-bond donors (Lipinski definition) is 1. The number of carbonyl (C=O) groups excluding carboxylic acids is 3. The first kappa shape index (κ1) is 19.7. The topological polar surface area (TPSA) is 71.4 Å². The van der Waals surface area contributed by atoms with Crippen LogP contribution >= 0.6 is 0 Å². The Hall–Kier alpha value is -3.63. The molecular weight excluding hydrogens is 376 g/mol. The fourth-order valence-electron chi connectivity index (χ4n) is 3.90. The first-order valence-corrected chi connectivity index (χ1v) is 9.69. The van der Waals surface area contributed by atoms with Crippen LogP contribution in [-0.4, -0.2) is 22.5 Å². The predicted octanol–water partition coefficient (Wildman–Crippen LogP) is 4.54. The van der Waals surface area contributed by atoms with Crippen molar-refractivity contribution < 1.29 is 19.5 Å². The molecule has 0 heterocycles. The number of fused-ring (bicyclic) bond motifs is 1. The molecule has 1 N–H and O–H groups in total. The van der Waals surface area contributed by atoms with Gasteiger partial charge in [-0.2, -0.15) is 0 Å². The molecule has 1 unspecified atom stereocenters. The van der Waals surface area contributed by atoms with Crippen molar-refractivity contribution in [1.82, 2.24) is 0 Å². The molecule has 1 aliphatic carbocycles. The summed E-state index contributed by atoms with van der Waals surface area (Å²) in [7, 11) is 0. The van der Waals surface area contributed by atoms with E-state index in [4.69, 9.17) is 0 Å². The molecule has 4 rings (SSSR count). The van der Waals surface area contributed by atoms with Crippen LogP contribution in [0.15, 0.2) is 96.1 Å². The standard InChI is InChI=1S/C26H20O4/c1-26(30,18-12-6-3-7-13-18)23-21(16-22(27)17-10-4-2-5-11-17)24(28)19-14-8-9-15-20(19)25(23)29/h2-15,30H,16H2,1H3. The SMILES string of the molecule is CC(O)(C1=C(CC(=O)c2ccccc2)C(=O)c2ccccc2C1=O)c1ccccc1. The number of allylic oxidation sites excluding steroid dienone is 1. The summed E-state index contributed by atoms with van der Waals surface area (Å²) < 4.78 is 0. The molecule has 1 atom stereocenters. The highest BCUT2D eigenvalue weighted by Gasteiger charge is 2.42. The highest BCUT2D eigenvalue weighted by atomic mass is 16.3. The largest absolute Gasteiger partial charge is 0.381 e. The molecular formula is C26H20O4. The van der Waals surface area contributed by atoms with Crippen molar-refractivity contribution in [3.63, 3.8) is 0 Å². The van der Waals surface area contributed by atoms with Crippen LogP contribution in [0.3, 0.4) is 0 Å². The van der Waals surface area contributed by atoms with E-state index in [9.17, 15) is 19.5 Å². The van der Waals surface area contributed by atoms with Gasteiger partial charge in [-0.05, 0) is 12.5 Å². The summed E-state index contributed by atoms with van der Waals surface area (Å²) in [4.78, 5) is 39.7. The number of hydrogen-bond acceptors (Lipinski definition) is 4. The van der Waals surface area contributed by atoms with E-state index in [0.29, 0.717) is 11.1 Å². The van der Waals surface area contributed by atoms with E-state index in [2.05, 4.69) is 0 Å². The van der Waals surface area contributed by atoms with Gasteiger partial charge in [0.05, 0.1) is 0 Å². The fourth-order valence-corrected chi connectivity index (χ4v) is 3.90. The number of carbonyl (C=O) groups is 3. The van der Waals surface area contributed by atoms with E-state index >= 15 is 0 Å². The molecule has 30 heavy (non-hydrogen) atoms. The van der Waals surface area contributed by atoms with Crippen molar-refractivity contribution in [2.75, 3.05) is 0 Å². The van der Waals surface area contributed by atoms with Gasteiger partial charge >= 0.3 is 0 Å². The van der Waals surface area contributed by atoms with Gasteiger partial charge < -0.3 is 5.11 Å². The summed E-state index contributed by atoms with van der Waals surface area (Å²) in [5.41, 5.74) is -0.305. The second-order valence-electron chi connectivity index (χ2n) is 7.46. The molecule has 0 fully saturated rings. The lowest BCUT2D eigenvalue weighted by Crippen LogP contribution is -2.36. The van der Waals surface area contributed by atoms with Gasteiger partial charge in [0.15, 0.2) is 17.3 Å². The summed E-state index contributed by atoms with van der Waals surface area (Å²) >= 11 is 0. The van der Waals surface area contributed by atoms with Crippen LogP contribution in [0.2, 0.25) is 0 Å². The third kappa shape index (κ3) is 3.31. The number of Topliss-reactive ketones (excluding diaryl/α,β-unsaturated/α-hetero) is 3. The molecule has 0 saturated heterocycles. The average Bonchev–Trinajstić information content (AvgIpc) is 2.78. The Bertz CT molecular complexity index is 1170. The second kappa shape index (κ2) is 7.65. The molecule has 1 aliphatic rings. The monoisotopic (exact) mass is 396 g/mol. The van der Waals surface area contributed by atoms with Crippen LogP contribution in [0.25, 0.3) is 0 Å². The molecule has 0 aliphatic heterocycles. The van der Waals surface area contributed by atoms with E-state index in [1.165, 1.54) is 6.92 Å². The van der Waals surface area contributed by atoms with Crippen molar-refractivity contribution in [3.8, 4) is 0 Å². The van der Waals surface area contributed by atoms with Crippen molar-refractivity contribution >= 4 is 17.3 Å². The molecule has 4 nitrogen and oxygen atoms in total. The minimum Gasteiger partial charge on any atom is -0.381 e. The molecule has 0 bridgehead atoms. The van der Waals surface area contributed by atoms with E-state index in [0.717, 1.165) is 0 Å². The summed E-state index contributed by atoms with van der Waals surface area (Å²) in [5.74, 6) is -1.12. The zero-order chi connectivity index (χ0) is 21.3. The maximum absolute atomic E-state index is 13.4. The molecule has 3 aromatic carbocycles. The summed E-state index contributed by atoms with van der Waals surface area (Å²) in [5, 5.41) is 11.4. The molecule has 3 aromatic rings. The minimum absolute atomic E-state index is 0.0401. The highest BCUT2D eigenvalue weighted by Crippen LogP contribution is 2.39. The quantitative estimate of drug-likeness (QED) is 0.643. The van der Waals surface area contributed by atoms with E-state index in [-0.39, 0.29) is 34.5 Å². The lowest BCUT2D eigenvalue weighted by molar-refractivity contribution is 0.0735. The predicted molar refractivity (Wildman–Crippen MR) is 114 cm³/mol. The summed E-state index contributed by atoms with van der Waals surface area (Å²) in [6, 6.07) is 23.8. The lowest BCUT2D eigenvalue weighted by Gasteiger charge is -2.31. The number of ketones is 3. The third-order valence-corrected chi connectivity index (χ3v) is 5.48. The van der Waals surface area contributed by atoms with Crippen molar-refractivity contribution in [1.29, 1.82) is 0 Å². The zero-order valence-corrected chi connectivity index (χ0v) is 16.5. The highest BCUT2D eigenvalue weighted by molar-refractivity contribution is 6.29. The third-order valence-electron chi connectivity index (χ3n) is 5.48. The van der Waals surface area contributed by atoms with Crippen LogP contribution < -0.4 is 0 Å². The Labute approximate surface area is 174 Å². The van der Waals surface area contributed by atoms with Crippen molar-refractivity contribution in [2.45, 2.75) is 18.9 Å². The summed E-state index contributed by atoms with van der Waals surface area (Å²) in [6.45, 7) is 1.49. The van der Waals surface area contributed by atoms with E-state index in [1.807, 2.05) is 0 Å². The van der Waals surface area contributed by atoms with Crippen LogP contribution in [0.4, 0.5) is 0 Å². The van der Waals surface area contributed by atoms with Gasteiger partial charge in [0.2, 0.25) is 0 Å².